The van der Waals surface area contributed by atoms with Gasteiger partial charge in [-0.3, -0.25) is 4.79 Å². The van der Waals surface area contributed by atoms with Crippen LogP contribution in [0.5, 0.6) is 11.5 Å². The van der Waals surface area contributed by atoms with Crippen molar-refractivity contribution in [2.45, 2.75) is 13.8 Å². The maximum absolute atomic E-state index is 12.5. The second kappa shape index (κ2) is 5.65. The highest BCUT2D eigenvalue weighted by molar-refractivity contribution is 6.06. The maximum Gasteiger partial charge on any atom is 0.258 e. The number of carbonyl (C=O) groups excluding carboxylic acids is 1. The summed E-state index contributed by atoms with van der Waals surface area (Å²) in [5.41, 5.74) is 2.16. The molecular weight excluding hydrogens is 254 g/mol. The Kier molecular flexibility index (Phi) is 3.94. The molecule has 0 unspecified atom stereocenters. The standard InChI is InChI=1S/C16H17NO3/c1-3-17(13-6-4-11(2)5-7-13)16(20)12-8-14(18)10-15(19)9-12/h4-10,18-19H,3H2,1-2H3. The fourth-order valence-electron chi connectivity index (χ4n) is 2.04. The van der Waals surface area contributed by atoms with Gasteiger partial charge in [0, 0.05) is 23.9 Å². The molecule has 0 atom stereocenters. The lowest BCUT2D eigenvalue weighted by Gasteiger charge is -2.21. The van der Waals surface area contributed by atoms with Crippen molar-refractivity contribution < 1.29 is 15.0 Å². The number of amides is 1. The molecule has 0 aromatic heterocycles. The van der Waals surface area contributed by atoms with Gasteiger partial charge in [-0.05, 0) is 38.1 Å². The van der Waals surface area contributed by atoms with Crippen molar-refractivity contribution in [2.24, 2.45) is 0 Å². The van der Waals surface area contributed by atoms with E-state index in [0.29, 0.717) is 6.54 Å². The third kappa shape index (κ3) is 2.91. The van der Waals surface area contributed by atoms with Gasteiger partial charge in [0.1, 0.15) is 11.5 Å². The minimum Gasteiger partial charge on any atom is -0.508 e. The zero-order valence-corrected chi connectivity index (χ0v) is 11.5. The van der Waals surface area contributed by atoms with E-state index in [9.17, 15) is 15.0 Å². The first-order chi connectivity index (χ1) is 9.51. The number of nitrogens with zero attached hydrogens (tertiary/aromatic N) is 1. The van der Waals surface area contributed by atoms with Gasteiger partial charge in [-0.1, -0.05) is 17.7 Å². The van der Waals surface area contributed by atoms with E-state index in [-0.39, 0.29) is 23.0 Å². The molecule has 1 amide bonds. The van der Waals surface area contributed by atoms with Crippen LogP contribution in [-0.2, 0) is 0 Å². The van der Waals surface area contributed by atoms with Crippen molar-refractivity contribution in [1.29, 1.82) is 0 Å². The Morgan fingerprint density at radius 1 is 1.05 bits per heavy atom. The smallest absolute Gasteiger partial charge is 0.258 e. The second-order valence-corrected chi connectivity index (χ2v) is 4.62. The molecule has 0 fully saturated rings. The van der Waals surface area contributed by atoms with E-state index in [1.165, 1.54) is 18.2 Å². The quantitative estimate of drug-likeness (QED) is 0.901. The predicted octanol–water partition coefficient (Wildman–Crippen LogP) is 3.07. The van der Waals surface area contributed by atoms with Gasteiger partial charge in [0.15, 0.2) is 0 Å². The third-order valence-electron chi connectivity index (χ3n) is 3.06. The number of phenolic OH excluding ortho intramolecular Hbond substituents is 2. The fraction of sp³-hybridized carbons (Fsp3) is 0.188. The monoisotopic (exact) mass is 271 g/mol. The summed E-state index contributed by atoms with van der Waals surface area (Å²) in [7, 11) is 0. The number of anilines is 1. The van der Waals surface area contributed by atoms with Gasteiger partial charge in [0.25, 0.3) is 5.91 Å². The zero-order chi connectivity index (χ0) is 14.7. The molecular formula is C16H17NO3. The number of carbonyl (C=O) groups is 1. The first-order valence-corrected chi connectivity index (χ1v) is 6.43. The SMILES string of the molecule is CCN(C(=O)c1cc(O)cc(O)c1)c1ccc(C)cc1. The Morgan fingerprint density at radius 2 is 1.60 bits per heavy atom. The van der Waals surface area contributed by atoms with Crippen molar-refractivity contribution in [3.63, 3.8) is 0 Å². The molecule has 0 spiro atoms. The molecule has 2 aromatic carbocycles. The van der Waals surface area contributed by atoms with Crippen LogP contribution >= 0.6 is 0 Å². The van der Waals surface area contributed by atoms with Gasteiger partial charge in [-0.25, -0.2) is 0 Å². The minimum atomic E-state index is -0.262. The average molecular weight is 271 g/mol. The Morgan fingerprint density at radius 3 is 2.10 bits per heavy atom. The summed E-state index contributed by atoms with van der Waals surface area (Å²) in [6, 6.07) is 11.5. The highest BCUT2D eigenvalue weighted by Crippen LogP contribution is 2.24. The molecule has 0 saturated heterocycles. The van der Waals surface area contributed by atoms with Crippen LogP contribution in [0.25, 0.3) is 0 Å². The van der Waals surface area contributed by atoms with Gasteiger partial charge in [-0.2, -0.15) is 0 Å². The van der Waals surface area contributed by atoms with E-state index >= 15 is 0 Å². The lowest BCUT2D eigenvalue weighted by molar-refractivity contribution is 0.0987. The van der Waals surface area contributed by atoms with Gasteiger partial charge >= 0.3 is 0 Å². The minimum absolute atomic E-state index is 0.131. The van der Waals surface area contributed by atoms with Crippen molar-refractivity contribution >= 4 is 11.6 Å². The van der Waals surface area contributed by atoms with Crippen molar-refractivity contribution in [2.75, 3.05) is 11.4 Å². The Balaban J connectivity index is 2.36. The van der Waals surface area contributed by atoms with Crippen LogP contribution in [0.4, 0.5) is 5.69 Å². The molecule has 4 nitrogen and oxygen atoms in total. The van der Waals surface area contributed by atoms with Gasteiger partial charge in [-0.15, -0.1) is 0 Å². The summed E-state index contributed by atoms with van der Waals surface area (Å²) < 4.78 is 0. The molecule has 4 heteroatoms. The number of hydrogen-bond acceptors (Lipinski definition) is 3. The van der Waals surface area contributed by atoms with Crippen LogP contribution in [0, 0.1) is 6.92 Å². The number of phenols is 2. The Bertz CT molecular complexity index is 600. The number of rotatable bonds is 3. The van der Waals surface area contributed by atoms with Crippen molar-refractivity contribution in [1.82, 2.24) is 0 Å². The highest BCUT2D eigenvalue weighted by Gasteiger charge is 2.17. The normalized spacial score (nSPS) is 10.3. The molecule has 2 rings (SSSR count). The number of benzene rings is 2. The molecule has 20 heavy (non-hydrogen) atoms. The summed E-state index contributed by atoms with van der Waals surface area (Å²) in [4.78, 5) is 14.1. The molecule has 0 aliphatic carbocycles. The van der Waals surface area contributed by atoms with Crippen LogP contribution in [0.15, 0.2) is 42.5 Å². The molecule has 104 valence electrons. The average Bonchev–Trinajstić information content (AvgIpc) is 2.40. The lowest BCUT2D eigenvalue weighted by atomic mass is 10.1. The van der Waals surface area contributed by atoms with Crippen LogP contribution in [0.1, 0.15) is 22.8 Å². The van der Waals surface area contributed by atoms with Gasteiger partial charge in [0.2, 0.25) is 0 Å². The Hall–Kier alpha value is -2.49. The highest BCUT2D eigenvalue weighted by atomic mass is 16.3. The maximum atomic E-state index is 12.5. The fourth-order valence-corrected chi connectivity index (χ4v) is 2.04. The van der Waals surface area contributed by atoms with E-state index in [2.05, 4.69) is 0 Å². The summed E-state index contributed by atoms with van der Waals surface area (Å²) in [6.07, 6.45) is 0. The van der Waals surface area contributed by atoms with Crippen molar-refractivity contribution in [3.8, 4) is 11.5 Å². The molecule has 0 heterocycles. The van der Waals surface area contributed by atoms with Crippen LogP contribution in [-0.4, -0.2) is 22.7 Å². The molecule has 2 aromatic rings. The van der Waals surface area contributed by atoms with E-state index in [1.807, 2.05) is 38.1 Å². The van der Waals surface area contributed by atoms with E-state index in [4.69, 9.17) is 0 Å². The van der Waals surface area contributed by atoms with E-state index in [1.54, 1.807) is 4.90 Å². The summed E-state index contributed by atoms with van der Waals surface area (Å²) in [5.74, 6) is -0.524. The molecule has 0 aliphatic heterocycles. The number of aryl methyl sites for hydroxylation is 1. The van der Waals surface area contributed by atoms with E-state index < -0.39 is 0 Å². The van der Waals surface area contributed by atoms with Crippen molar-refractivity contribution in [3.05, 3.63) is 53.6 Å². The number of aromatic hydroxyl groups is 2. The first kappa shape index (κ1) is 13.9. The second-order valence-electron chi connectivity index (χ2n) is 4.62. The summed E-state index contributed by atoms with van der Waals surface area (Å²) >= 11 is 0. The topological polar surface area (TPSA) is 60.8 Å². The molecule has 0 saturated carbocycles. The third-order valence-corrected chi connectivity index (χ3v) is 3.06. The van der Waals surface area contributed by atoms with E-state index in [0.717, 1.165) is 11.3 Å². The van der Waals surface area contributed by atoms with Gasteiger partial charge < -0.3 is 15.1 Å². The van der Waals surface area contributed by atoms with Crippen LogP contribution in [0.3, 0.4) is 0 Å². The first-order valence-electron chi connectivity index (χ1n) is 6.43. The van der Waals surface area contributed by atoms with Crippen LogP contribution in [0.2, 0.25) is 0 Å². The molecule has 0 bridgehead atoms. The predicted molar refractivity (Wildman–Crippen MR) is 78.3 cm³/mol. The Labute approximate surface area is 117 Å². The lowest BCUT2D eigenvalue weighted by Crippen LogP contribution is -2.30. The van der Waals surface area contributed by atoms with Gasteiger partial charge in [0.05, 0.1) is 0 Å². The largest absolute Gasteiger partial charge is 0.508 e. The summed E-state index contributed by atoms with van der Waals surface area (Å²) in [5, 5.41) is 18.9. The molecule has 0 aliphatic rings. The number of hydrogen-bond donors (Lipinski definition) is 2. The summed E-state index contributed by atoms with van der Waals surface area (Å²) in [6.45, 7) is 4.36. The molecule has 0 radical (unpaired) electrons. The van der Waals surface area contributed by atoms with Crippen LogP contribution < -0.4 is 4.90 Å². The zero-order valence-electron chi connectivity index (χ0n) is 11.5. The molecule has 2 N–H and O–H groups in total.